The zero-order valence-electron chi connectivity index (χ0n) is 23.5. The lowest BCUT2D eigenvalue weighted by Gasteiger charge is -2.14. The Kier molecular flexibility index (Phi) is 9.29. The Morgan fingerprint density at radius 1 is 0.886 bits per heavy atom. The fraction of sp³-hybridized carbons (Fsp3) is 0.188. The zero-order chi connectivity index (χ0) is 31.3. The SMILES string of the molecule is Cn1cc(Cc2cn(CC(=O)NCc3ccc(-c4ccc(C(F)(F)F)cc4)cc3)c(SCc3ccc(F)cc3)nc2=O)cn1. The lowest BCUT2D eigenvalue weighted by molar-refractivity contribution is -0.137. The van der Waals surface area contributed by atoms with Gasteiger partial charge in [-0.2, -0.15) is 23.3 Å². The molecule has 0 saturated carbocycles. The molecule has 0 unspecified atom stereocenters. The number of hydrogen-bond acceptors (Lipinski definition) is 5. The molecule has 44 heavy (non-hydrogen) atoms. The first-order valence-corrected chi connectivity index (χ1v) is 14.5. The van der Waals surface area contributed by atoms with E-state index in [4.69, 9.17) is 0 Å². The molecule has 7 nitrogen and oxygen atoms in total. The Bertz CT molecular complexity index is 1800. The standard InChI is InChI=1S/C32H27F4N5O2S/c1-40-17-23(16-38-40)14-26-18-41(31(39-30(26)43)44-20-22-4-12-28(33)13-5-22)19-29(42)37-15-21-2-6-24(7-3-21)25-8-10-27(11-9-25)32(34,35)36/h2-13,16-18H,14-15,19-20H2,1H3,(H,37,42). The second-order valence-corrected chi connectivity index (χ2v) is 11.1. The van der Waals surface area contributed by atoms with E-state index in [-0.39, 0.29) is 24.8 Å². The van der Waals surface area contributed by atoms with Crippen molar-refractivity contribution in [2.45, 2.75) is 36.6 Å². The normalized spacial score (nSPS) is 11.5. The third-order valence-corrected chi connectivity index (χ3v) is 7.83. The quantitative estimate of drug-likeness (QED) is 0.118. The van der Waals surface area contributed by atoms with Crippen LogP contribution < -0.4 is 10.9 Å². The first-order chi connectivity index (χ1) is 21.0. The average Bonchev–Trinajstić information content (AvgIpc) is 3.42. The maximum atomic E-state index is 13.3. The van der Waals surface area contributed by atoms with Crippen LogP contribution in [0.15, 0.2) is 101 Å². The van der Waals surface area contributed by atoms with Gasteiger partial charge in [0.1, 0.15) is 12.4 Å². The molecular formula is C32H27F4N5O2S. The highest BCUT2D eigenvalue weighted by atomic mass is 32.2. The van der Waals surface area contributed by atoms with Crippen LogP contribution in [0.1, 0.15) is 27.8 Å². The van der Waals surface area contributed by atoms with Crippen LogP contribution in [-0.4, -0.2) is 25.2 Å². The van der Waals surface area contributed by atoms with Gasteiger partial charge >= 0.3 is 6.18 Å². The van der Waals surface area contributed by atoms with Gasteiger partial charge in [-0.15, -0.1) is 0 Å². The van der Waals surface area contributed by atoms with E-state index in [1.807, 2.05) is 0 Å². The van der Waals surface area contributed by atoms with Gasteiger partial charge < -0.3 is 9.88 Å². The minimum Gasteiger partial charge on any atom is -0.350 e. The average molecular weight is 622 g/mol. The molecule has 3 aromatic carbocycles. The number of aryl methyl sites for hydroxylation is 1. The second kappa shape index (κ2) is 13.3. The first kappa shape index (κ1) is 30.7. The van der Waals surface area contributed by atoms with Crippen molar-refractivity contribution in [3.63, 3.8) is 0 Å². The molecule has 0 atom stereocenters. The number of nitrogens with one attached hydrogen (secondary N) is 1. The van der Waals surface area contributed by atoms with Crippen LogP contribution in [0.25, 0.3) is 11.1 Å². The molecule has 0 bridgehead atoms. The smallest absolute Gasteiger partial charge is 0.350 e. The van der Waals surface area contributed by atoms with Crippen LogP contribution >= 0.6 is 11.8 Å². The molecule has 1 amide bonds. The first-order valence-electron chi connectivity index (χ1n) is 13.5. The van der Waals surface area contributed by atoms with Crippen molar-refractivity contribution in [1.29, 1.82) is 0 Å². The number of carbonyl (C=O) groups is 1. The highest BCUT2D eigenvalue weighted by molar-refractivity contribution is 7.98. The molecule has 2 aromatic heterocycles. The van der Waals surface area contributed by atoms with Gasteiger partial charge in [0.2, 0.25) is 5.91 Å². The van der Waals surface area contributed by atoms with Gasteiger partial charge in [0.05, 0.1) is 11.8 Å². The van der Waals surface area contributed by atoms with Crippen molar-refractivity contribution >= 4 is 17.7 Å². The number of rotatable bonds is 10. The summed E-state index contributed by atoms with van der Waals surface area (Å²) in [4.78, 5) is 30.2. The number of thioether (sulfide) groups is 1. The van der Waals surface area contributed by atoms with Crippen LogP contribution in [0.5, 0.6) is 0 Å². The maximum absolute atomic E-state index is 13.3. The minimum absolute atomic E-state index is 0.0945. The molecule has 2 heterocycles. The molecule has 0 aliphatic carbocycles. The summed E-state index contributed by atoms with van der Waals surface area (Å²) in [6.07, 6.45) is 1.01. The minimum atomic E-state index is -4.39. The van der Waals surface area contributed by atoms with E-state index < -0.39 is 17.3 Å². The highest BCUT2D eigenvalue weighted by Crippen LogP contribution is 2.31. The second-order valence-electron chi connectivity index (χ2n) is 10.1. The van der Waals surface area contributed by atoms with Gasteiger partial charge in [-0.05, 0) is 52.1 Å². The van der Waals surface area contributed by atoms with E-state index in [1.165, 1.54) is 36.0 Å². The summed E-state index contributed by atoms with van der Waals surface area (Å²) in [6.45, 7) is 0.128. The monoisotopic (exact) mass is 621 g/mol. The molecule has 0 spiro atoms. The van der Waals surface area contributed by atoms with Crippen LogP contribution in [0.4, 0.5) is 17.6 Å². The van der Waals surface area contributed by atoms with E-state index in [0.717, 1.165) is 34.4 Å². The summed E-state index contributed by atoms with van der Waals surface area (Å²) in [7, 11) is 1.78. The van der Waals surface area contributed by atoms with Gasteiger partial charge in [0, 0.05) is 43.7 Å². The molecule has 0 saturated heterocycles. The van der Waals surface area contributed by atoms with Crippen LogP contribution in [0.3, 0.4) is 0 Å². The molecule has 226 valence electrons. The van der Waals surface area contributed by atoms with E-state index in [1.54, 1.807) is 71.3 Å². The summed E-state index contributed by atoms with van der Waals surface area (Å²) in [6, 6.07) is 18.1. The van der Waals surface area contributed by atoms with E-state index in [2.05, 4.69) is 15.4 Å². The molecular weight excluding hydrogens is 594 g/mol. The van der Waals surface area contributed by atoms with Crippen molar-refractivity contribution in [1.82, 2.24) is 24.6 Å². The Morgan fingerprint density at radius 3 is 2.14 bits per heavy atom. The van der Waals surface area contributed by atoms with Gasteiger partial charge in [-0.1, -0.05) is 60.3 Å². The number of benzene rings is 3. The van der Waals surface area contributed by atoms with Crippen molar-refractivity contribution in [3.05, 3.63) is 135 Å². The topological polar surface area (TPSA) is 81.8 Å². The number of alkyl halides is 3. The summed E-state index contributed by atoms with van der Waals surface area (Å²) >= 11 is 1.27. The van der Waals surface area contributed by atoms with Gasteiger partial charge in [0.15, 0.2) is 5.16 Å². The summed E-state index contributed by atoms with van der Waals surface area (Å²) < 4.78 is 55.2. The van der Waals surface area contributed by atoms with Crippen LogP contribution in [-0.2, 0) is 43.3 Å². The predicted octanol–water partition coefficient (Wildman–Crippen LogP) is 6.00. The number of nitrogens with zero attached hydrogens (tertiary/aromatic N) is 4. The number of amides is 1. The summed E-state index contributed by atoms with van der Waals surface area (Å²) in [5, 5.41) is 7.36. The van der Waals surface area contributed by atoms with Gasteiger partial charge in [-0.3, -0.25) is 14.3 Å². The summed E-state index contributed by atoms with van der Waals surface area (Å²) in [5.74, 6) is -0.237. The Hall–Kier alpha value is -4.71. The summed E-state index contributed by atoms with van der Waals surface area (Å²) in [5.41, 5.74) is 3.16. The van der Waals surface area contributed by atoms with E-state index >= 15 is 0 Å². The Labute approximate surface area is 254 Å². The van der Waals surface area contributed by atoms with E-state index in [9.17, 15) is 27.2 Å². The van der Waals surface area contributed by atoms with E-state index in [0.29, 0.717) is 28.5 Å². The predicted molar refractivity (Wildman–Crippen MR) is 159 cm³/mol. The molecule has 12 heteroatoms. The third-order valence-electron chi connectivity index (χ3n) is 6.77. The van der Waals surface area contributed by atoms with Crippen molar-refractivity contribution in [2.75, 3.05) is 0 Å². The number of aromatic nitrogens is 4. The zero-order valence-corrected chi connectivity index (χ0v) is 24.3. The van der Waals surface area contributed by atoms with Crippen molar-refractivity contribution < 1.29 is 22.4 Å². The number of halogens is 4. The molecule has 0 radical (unpaired) electrons. The van der Waals surface area contributed by atoms with Crippen LogP contribution in [0.2, 0.25) is 0 Å². The van der Waals surface area contributed by atoms with Crippen LogP contribution in [0, 0.1) is 5.82 Å². The third kappa shape index (κ3) is 8.01. The Morgan fingerprint density at radius 2 is 1.52 bits per heavy atom. The number of hydrogen-bond donors (Lipinski definition) is 1. The van der Waals surface area contributed by atoms with Gasteiger partial charge in [0.25, 0.3) is 5.56 Å². The number of carbonyl (C=O) groups excluding carboxylic acids is 1. The molecule has 1 N–H and O–H groups in total. The fourth-order valence-electron chi connectivity index (χ4n) is 4.46. The molecule has 0 aliphatic rings. The largest absolute Gasteiger partial charge is 0.416 e. The maximum Gasteiger partial charge on any atom is 0.416 e. The molecule has 0 aliphatic heterocycles. The van der Waals surface area contributed by atoms with Gasteiger partial charge in [-0.25, -0.2) is 4.39 Å². The van der Waals surface area contributed by atoms with Crippen molar-refractivity contribution in [2.24, 2.45) is 7.05 Å². The molecule has 0 fully saturated rings. The molecule has 5 rings (SSSR count). The molecule has 5 aromatic rings. The lowest BCUT2D eigenvalue weighted by Crippen LogP contribution is -2.29. The fourth-order valence-corrected chi connectivity index (χ4v) is 5.38. The Balaban J connectivity index is 1.27. The van der Waals surface area contributed by atoms with Crippen molar-refractivity contribution in [3.8, 4) is 11.1 Å². The highest BCUT2D eigenvalue weighted by Gasteiger charge is 2.30. The lowest BCUT2D eigenvalue weighted by atomic mass is 10.0.